The SMILES string of the molecule is CCNCc1cncc(N2CC(C)(C)OC(C)(C)C2)n1. The standard InChI is InChI=1S/C15H26N4O/c1-6-16-7-12-8-17-9-13(18-12)19-10-14(2,3)20-15(4,5)11-19/h8-9,16H,6-7,10-11H2,1-5H3. The first-order valence-electron chi connectivity index (χ1n) is 7.28. The van der Waals surface area contributed by atoms with Crippen LogP contribution in [0.4, 0.5) is 5.82 Å². The summed E-state index contributed by atoms with van der Waals surface area (Å²) in [5, 5.41) is 3.28. The zero-order chi connectivity index (χ0) is 14.8. The van der Waals surface area contributed by atoms with E-state index >= 15 is 0 Å². The second-order valence-electron chi connectivity index (χ2n) is 6.63. The van der Waals surface area contributed by atoms with E-state index in [9.17, 15) is 0 Å². The third kappa shape index (κ3) is 3.90. The van der Waals surface area contributed by atoms with E-state index in [2.05, 4.69) is 49.8 Å². The Labute approximate surface area is 121 Å². The van der Waals surface area contributed by atoms with Gasteiger partial charge in [-0.2, -0.15) is 0 Å². The van der Waals surface area contributed by atoms with Crippen molar-refractivity contribution in [2.24, 2.45) is 0 Å². The first-order chi connectivity index (χ1) is 9.31. The number of nitrogens with zero attached hydrogens (tertiary/aromatic N) is 3. The predicted octanol–water partition coefficient (Wildman–Crippen LogP) is 1.98. The van der Waals surface area contributed by atoms with Gasteiger partial charge in [0.1, 0.15) is 5.82 Å². The third-order valence-electron chi connectivity index (χ3n) is 3.25. The van der Waals surface area contributed by atoms with Gasteiger partial charge >= 0.3 is 0 Å². The Hall–Kier alpha value is -1.20. The number of morpholine rings is 1. The Morgan fingerprint density at radius 3 is 2.45 bits per heavy atom. The summed E-state index contributed by atoms with van der Waals surface area (Å²) in [6.45, 7) is 13.9. The third-order valence-corrected chi connectivity index (χ3v) is 3.25. The van der Waals surface area contributed by atoms with E-state index in [-0.39, 0.29) is 11.2 Å². The predicted molar refractivity (Wildman–Crippen MR) is 80.9 cm³/mol. The van der Waals surface area contributed by atoms with Gasteiger partial charge in [0.2, 0.25) is 0 Å². The summed E-state index contributed by atoms with van der Waals surface area (Å²) in [5.74, 6) is 0.935. The summed E-state index contributed by atoms with van der Waals surface area (Å²) in [4.78, 5) is 11.3. The number of hydrogen-bond donors (Lipinski definition) is 1. The Morgan fingerprint density at radius 1 is 1.20 bits per heavy atom. The van der Waals surface area contributed by atoms with Gasteiger partial charge in [-0.3, -0.25) is 4.98 Å². The van der Waals surface area contributed by atoms with E-state index in [0.717, 1.165) is 37.7 Å². The first-order valence-corrected chi connectivity index (χ1v) is 7.28. The summed E-state index contributed by atoms with van der Waals surface area (Å²) >= 11 is 0. The van der Waals surface area contributed by atoms with Crippen molar-refractivity contribution >= 4 is 5.82 Å². The van der Waals surface area contributed by atoms with Crippen LogP contribution in [0.2, 0.25) is 0 Å². The van der Waals surface area contributed by atoms with Crippen molar-refractivity contribution in [1.29, 1.82) is 0 Å². The maximum Gasteiger partial charge on any atom is 0.147 e. The molecule has 0 spiro atoms. The molecule has 20 heavy (non-hydrogen) atoms. The van der Waals surface area contributed by atoms with Crippen LogP contribution in [0.3, 0.4) is 0 Å². The van der Waals surface area contributed by atoms with Crippen molar-refractivity contribution in [1.82, 2.24) is 15.3 Å². The topological polar surface area (TPSA) is 50.3 Å². The van der Waals surface area contributed by atoms with E-state index in [1.165, 1.54) is 0 Å². The molecule has 1 saturated heterocycles. The van der Waals surface area contributed by atoms with Crippen molar-refractivity contribution in [3.05, 3.63) is 18.1 Å². The number of anilines is 1. The number of nitrogens with one attached hydrogen (secondary N) is 1. The van der Waals surface area contributed by atoms with Crippen LogP contribution < -0.4 is 10.2 Å². The molecule has 0 amide bonds. The zero-order valence-electron chi connectivity index (χ0n) is 13.2. The lowest BCUT2D eigenvalue weighted by Crippen LogP contribution is -2.57. The molecule has 112 valence electrons. The molecule has 5 nitrogen and oxygen atoms in total. The number of ether oxygens (including phenoxy) is 1. The Balaban J connectivity index is 2.18. The van der Waals surface area contributed by atoms with Crippen molar-refractivity contribution in [2.75, 3.05) is 24.5 Å². The van der Waals surface area contributed by atoms with E-state index in [1.807, 2.05) is 12.4 Å². The van der Waals surface area contributed by atoms with E-state index in [1.54, 1.807) is 0 Å². The molecule has 0 aromatic carbocycles. The molecule has 0 radical (unpaired) electrons. The molecule has 1 aromatic heterocycles. The molecule has 5 heteroatoms. The van der Waals surface area contributed by atoms with Gasteiger partial charge in [0.25, 0.3) is 0 Å². The maximum atomic E-state index is 6.11. The summed E-state index contributed by atoms with van der Waals surface area (Å²) in [7, 11) is 0. The van der Waals surface area contributed by atoms with Crippen LogP contribution in [0.15, 0.2) is 12.4 Å². The second-order valence-corrected chi connectivity index (χ2v) is 6.63. The van der Waals surface area contributed by atoms with Crippen LogP contribution in [-0.2, 0) is 11.3 Å². The fourth-order valence-corrected chi connectivity index (χ4v) is 2.84. The fourth-order valence-electron chi connectivity index (χ4n) is 2.84. The van der Waals surface area contributed by atoms with Crippen molar-refractivity contribution in [3.63, 3.8) is 0 Å². The van der Waals surface area contributed by atoms with E-state index in [0.29, 0.717) is 0 Å². The van der Waals surface area contributed by atoms with E-state index < -0.39 is 0 Å². The lowest BCUT2D eigenvalue weighted by Gasteiger charge is -2.47. The largest absolute Gasteiger partial charge is 0.366 e. The minimum Gasteiger partial charge on any atom is -0.366 e. The molecular formula is C15H26N4O. The van der Waals surface area contributed by atoms with Gasteiger partial charge in [-0.1, -0.05) is 6.92 Å². The molecule has 0 aliphatic carbocycles. The van der Waals surface area contributed by atoms with Crippen LogP contribution in [0, 0.1) is 0 Å². The highest BCUT2D eigenvalue weighted by molar-refractivity contribution is 5.38. The summed E-state index contributed by atoms with van der Waals surface area (Å²) < 4.78 is 6.11. The molecule has 1 aliphatic heterocycles. The highest BCUT2D eigenvalue weighted by atomic mass is 16.5. The quantitative estimate of drug-likeness (QED) is 0.912. The lowest BCUT2D eigenvalue weighted by atomic mass is 9.99. The minimum atomic E-state index is -0.179. The van der Waals surface area contributed by atoms with Gasteiger partial charge < -0.3 is 15.0 Å². The van der Waals surface area contributed by atoms with Crippen molar-refractivity contribution in [3.8, 4) is 0 Å². The Bertz CT molecular complexity index is 443. The van der Waals surface area contributed by atoms with Crippen LogP contribution in [-0.4, -0.2) is 40.8 Å². The molecule has 1 fully saturated rings. The molecule has 2 rings (SSSR count). The van der Waals surface area contributed by atoms with E-state index in [4.69, 9.17) is 9.72 Å². The van der Waals surface area contributed by atoms with Crippen LogP contribution >= 0.6 is 0 Å². The minimum absolute atomic E-state index is 0.179. The average Bonchev–Trinajstić information content (AvgIpc) is 2.33. The Morgan fingerprint density at radius 2 is 1.85 bits per heavy atom. The number of rotatable bonds is 4. The fraction of sp³-hybridized carbons (Fsp3) is 0.733. The summed E-state index contributed by atoms with van der Waals surface area (Å²) in [5.41, 5.74) is 0.619. The van der Waals surface area contributed by atoms with Crippen molar-refractivity contribution < 1.29 is 4.74 Å². The van der Waals surface area contributed by atoms with Gasteiger partial charge in [-0.25, -0.2) is 4.98 Å². The van der Waals surface area contributed by atoms with Gasteiger partial charge in [-0.15, -0.1) is 0 Å². The lowest BCUT2D eigenvalue weighted by molar-refractivity contribution is -0.133. The van der Waals surface area contributed by atoms with Gasteiger partial charge in [0.15, 0.2) is 0 Å². The molecule has 2 heterocycles. The van der Waals surface area contributed by atoms with Crippen LogP contribution in [0.25, 0.3) is 0 Å². The number of aromatic nitrogens is 2. The number of hydrogen-bond acceptors (Lipinski definition) is 5. The van der Waals surface area contributed by atoms with Crippen LogP contribution in [0.1, 0.15) is 40.3 Å². The molecule has 1 N–H and O–H groups in total. The summed E-state index contributed by atoms with van der Waals surface area (Å²) in [6.07, 6.45) is 3.66. The highest BCUT2D eigenvalue weighted by Crippen LogP contribution is 2.30. The normalized spacial score (nSPS) is 20.9. The molecule has 1 aromatic rings. The average molecular weight is 278 g/mol. The molecular weight excluding hydrogens is 252 g/mol. The van der Waals surface area contributed by atoms with Crippen molar-refractivity contribution in [2.45, 2.75) is 52.4 Å². The highest BCUT2D eigenvalue weighted by Gasteiger charge is 2.38. The van der Waals surface area contributed by atoms with Gasteiger partial charge in [0.05, 0.1) is 23.1 Å². The maximum absolute atomic E-state index is 6.11. The zero-order valence-corrected chi connectivity index (χ0v) is 13.2. The molecule has 0 atom stereocenters. The Kier molecular flexibility index (Phi) is 4.30. The molecule has 1 aliphatic rings. The van der Waals surface area contributed by atoms with Gasteiger partial charge in [-0.05, 0) is 34.2 Å². The molecule has 0 bridgehead atoms. The molecule has 0 unspecified atom stereocenters. The molecule has 0 saturated carbocycles. The smallest absolute Gasteiger partial charge is 0.147 e. The second kappa shape index (κ2) is 5.66. The van der Waals surface area contributed by atoms with Gasteiger partial charge in [0, 0.05) is 25.8 Å². The summed E-state index contributed by atoms with van der Waals surface area (Å²) in [6, 6.07) is 0. The first kappa shape index (κ1) is 15.2. The van der Waals surface area contributed by atoms with Crippen LogP contribution in [0.5, 0.6) is 0 Å². The monoisotopic (exact) mass is 278 g/mol.